The number of rotatable bonds is 4. The van der Waals surface area contributed by atoms with E-state index in [2.05, 4.69) is 15.4 Å². The van der Waals surface area contributed by atoms with Gasteiger partial charge in [-0.05, 0) is 43.9 Å². The van der Waals surface area contributed by atoms with E-state index in [0.29, 0.717) is 37.1 Å². The van der Waals surface area contributed by atoms with Gasteiger partial charge >= 0.3 is 5.97 Å². The predicted molar refractivity (Wildman–Crippen MR) is 82.2 cm³/mol. The molecule has 1 aliphatic carbocycles. The molecule has 2 N–H and O–H groups in total. The van der Waals surface area contributed by atoms with Crippen LogP contribution in [0.25, 0.3) is 5.82 Å². The second kappa shape index (κ2) is 6.60. The van der Waals surface area contributed by atoms with Gasteiger partial charge in [0.15, 0.2) is 5.82 Å². The summed E-state index contributed by atoms with van der Waals surface area (Å²) in [4.78, 5) is 27.5. The molecule has 1 saturated carbocycles. The fourth-order valence-electron chi connectivity index (χ4n) is 2.84. The van der Waals surface area contributed by atoms with Gasteiger partial charge in [-0.25, -0.2) is 9.67 Å². The van der Waals surface area contributed by atoms with Crippen LogP contribution in [0.1, 0.15) is 36.0 Å². The van der Waals surface area contributed by atoms with Gasteiger partial charge in [-0.2, -0.15) is 5.10 Å². The van der Waals surface area contributed by atoms with Crippen LogP contribution in [-0.4, -0.2) is 37.8 Å². The molecule has 0 atom stereocenters. The molecule has 1 amide bonds. The molecular formula is C16H18N4O3. The Kier molecular flexibility index (Phi) is 4.36. The Labute approximate surface area is 133 Å². The summed E-state index contributed by atoms with van der Waals surface area (Å²) in [6, 6.07) is 5.16. The first-order valence-corrected chi connectivity index (χ1v) is 7.63. The van der Waals surface area contributed by atoms with E-state index in [1.807, 2.05) is 0 Å². The lowest BCUT2D eigenvalue weighted by atomic mass is 9.86. The highest BCUT2D eigenvalue weighted by atomic mass is 16.4. The first kappa shape index (κ1) is 15.2. The smallest absolute Gasteiger partial charge is 0.306 e. The summed E-state index contributed by atoms with van der Waals surface area (Å²) in [6.07, 6.45) is 7.59. The molecule has 0 saturated heterocycles. The van der Waals surface area contributed by atoms with E-state index in [4.69, 9.17) is 5.11 Å². The van der Waals surface area contributed by atoms with Gasteiger partial charge in [0.2, 0.25) is 0 Å². The molecule has 3 rings (SSSR count). The number of carboxylic acid groups (broad SMARTS) is 1. The summed E-state index contributed by atoms with van der Waals surface area (Å²) < 4.78 is 1.59. The van der Waals surface area contributed by atoms with Gasteiger partial charge in [0, 0.05) is 30.2 Å². The zero-order valence-electron chi connectivity index (χ0n) is 12.6. The monoisotopic (exact) mass is 314 g/mol. The van der Waals surface area contributed by atoms with Gasteiger partial charge in [0.25, 0.3) is 5.91 Å². The summed E-state index contributed by atoms with van der Waals surface area (Å²) in [6.45, 7) is 0. The first-order valence-electron chi connectivity index (χ1n) is 7.63. The van der Waals surface area contributed by atoms with Gasteiger partial charge in [0.1, 0.15) is 0 Å². The maximum absolute atomic E-state index is 12.4. The number of carboxylic acids is 1. The Morgan fingerprint density at radius 1 is 1.22 bits per heavy atom. The minimum atomic E-state index is -0.743. The maximum Gasteiger partial charge on any atom is 0.306 e. The summed E-state index contributed by atoms with van der Waals surface area (Å²) in [5.41, 5.74) is 0.519. The van der Waals surface area contributed by atoms with Gasteiger partial charge in [-0.15, -0.1) is 0 Å². The van der Waals surface area contributed by atoms with Crippen molar-refractivity contribution in [3.05, 3.63) is 42.4 Å². The molecule has 23 heavy (non-hydrogen) atoms. The van der Waals surface area contributed by atoms with Crippen LogP contribution in [-0.2, 0) is 4.79 Å². The standard InChI is InChI=1S/C16H18N4O3/c21-15(19-13-4-2-11(3-5-13)16(22)23)12-6-8-17-14(10-12)20-9-1-7-18-20/h1,6-11,13H,2-5H2,(H,19,21)(H,22,23). The topological polar surface area (TPSA) is 97.1 Å². The number of nitrogens with zero attached hydrogens (tertiary/aromatic N) is 3. The number of carbonyl (C=O) groups is 2. The zero-order chi connectivity index (χ0) is 16.2. The van der Waals surface area contributed by atoms with Crippen LogP contribution in [0.3, 0.4) is 0 Å². The molecule has 7 heteroatoms. The van der Waals surface area contributed by atoms with E-state index in [9.17, 15) is 9.59 Å². The second-order valence-corrected chi connectivity index (χ2v) is 5.71. The minimum Gasteiger partial charge on any atom is -0.481 e. The SMILES string of the molecule is O=C(NC1CCC(C(=O)O)CC1)c1ccnc(-n2cccn2)c1. The van der Waals surface area contributed by atoms with E-state index in [-0.39, 0.29) is 17.9 Å². The van der Waals surface area contributed by atoms with E-state index in [0.717, 1.165) is 0 Å². The average molecular weight is 314 g/mol. The molecule has 2 aromatic heterocycles. The van der Waals surface area contributed by atoms with Crippen LogP contribution in [0.4, 0.5) is 0 Å². The maximum atomic E-state index is 12.4. The van der Waals surface area contributed by atoms with Gasteiger partial charge in [0.05, 0.1) is 5.92 Å². The Balaban J connectivity index is 1.63. The van der Waals surface area contributed by atoms with Crippen LogP contribution < -0.4 is 5.32 Å². The van der Waals surface area contributed by atoms with Crippen LogP contribution >= 0.6 is 0 Å². The molecule has 7 nitrogen and oxygen atoms in total. The van der Waals surface area contributed by atoms with Crippen LogP contribution in [0.15, 0.2) is 36.8 Å². The van der Waals surface area contributed by atoms with Crippen molar-refractivity contribution in [2.45, 2.75) is 31.7 Å². The average Bonchev–Trinajstić information content (AvgIpc) is 3.10. The lowest BCUT2D eigenvalue weighted by Gasteiger charge is -2.26. The van der Waals surface area contributed by atoms with Crippen molar-refractivity contribution in [2.24, 2.45) is 5.92 Å². The number of aliphatic carboxylic acids is 1. The van der Waals surface area contributed by atoms with Crippen LogP contribution in [0.2, 0.25) is 0 Å². The number of amides is 1. The van der Waals surface area contributed by atoms with E-state index in [1.165, 1.54) is 0 Å². The van der Waals surface area contributed by atoms with Crippen molar-refractivity contribution < 1.29 is 14.7 Å². The largest absolute Gasteiger partial charge is 0.481 e. The highest BCUT2D eigenvalue weighted by molar-refractivity contribution is 5.94. The number of nitrogens with one attached hydrogen (secondary N) is 1. The lowest BCUT2D eigenvalue weighted by molar-refractivity contribution is -0.142. The third-order valence-electron chi connectivity index (χ3n) is 4.16. The Morgan fingerprint density at radius 3 is 2.65 bits per heavy atom. The molecule has 0 bridgehead atoms. The van der Waals surface area contributed by atoms with Crippen molar-refractivity contribution in [1.82, 2.24) is 20.1 Å². The van der Waals surface area contributed by atoms with Crippen molar-refractivity contribution >= 4 is 11.9 Å². The van der Waals surface area contributed by atoms with Crippen LogP contribution in [0.5, 0.6) is 0 Å². The highest BCUT2D eigenvalue weighted by Gasteiger charge is 2.26. The Bertz CT molecular complexity index is 691. The number of aromatic nitrogens is 3. The molecule has 0 radical (unpaired) electrons. The fraction of sp³-hybridized carbons (Fsp3) is 0.375. The quantitative estimate of drug-likeness (QED) is 0.894. The van der Waals surface area contributed by atoms with Gasteiger partial charge in [-0.3, -0.25) is 9.59 Å². The molecular weight excluding hydrogens is 296 g/mol. The summed E-state index contributed by atoms with van der Waals surface area (Å²) in [5.74, 6) is -0.611. The zero-order valence-corrected chi connectivity index (χ0v) is 12.6. The lowest BCUT2D eigenvalue weighted by Crippen LogP contribution is -2.38. The van der Waals surface area contributed by atoms with E-state index >= 15 is 0 Å². The summed E-state index contributed by atoms with van der Waals surface area (Å²) in [5, 5.41) is 16.1. The van der Waals surface area contributed by atoms with E-state index < -0.39 is 5.97 Å². The minimum absolute atomic E-state index is 0.0272. The predicted octanol–water partition coefficient (Wildman–Crippen LogP) is 1.64. The van der Waals surface area contributed by atoms with Crippen molar-refractivity contribution in [3.8, 4) is 5.82 Å². The fourth-order valence-corrected chi connectivity index (χ4v) is 2.84. The first-order chi connectivity index (χ1) is 11.1. The molecule has 1 aliphatic rings. The van der Waals surface area contributed by atoms with Crippen LogP contribution in [0, 0.1) is 5.92 Å². The summed E-state index contributed by atoms with van der Waals surface area (Å²) >= 11 is 0. The van der Waals surface area contributed by atoms with Gasteiger partial charge < -0.3 is 10.4 Å². The third kappa shape index (κ3) is 3.56. The molecule has 2 aromatic rings. The highest BCUT2D eigenvalue weighted by Crippen LogP contribution is 2.24. The van der Waals surface area contributed by atoms with E-state index in [1.54, 1.807) is 41.5 Å². The number of pyridine rings is 1. The Morgan fingerprint density at radius 2 is 2.00 bits per heavy atom. The van der Waals surface area contributed by atoms with Gasteiger partial charge in [-0.1, -0.05) is 0 Å². The molecule has 0 aromatic carbocycles. The molecule has 1 fully saturated rings. The van der Waals surface area contributed by atoms with Crippen molar-refractivity contribution in [1.29, 1.82) is 0 Å². The summed E-state index contributed by atoms with van der Waals surface area (Å²) in [7, 11) is 0. The molecule has 0 spiro atoms. The molecule has 2 heterocycles. The number of hydrogen-bond donors (Lipinski definition) is 2. The molecule has 120 valence electrons. The third-order valence-corrected chi connectivity index (χ3v) is 4.16. The Hall–Kier alpha value is -2.70. The number of carbonyl (C=O) groups excluding carboxylic acids is 1. The molecule has 0 aliphatic heterocycles. The van der Waals surface area contributed by atoms with Crippen molar-refractivity contribution in [3.63, 3.8) is 0 Å². The van der Waals surface area contributed by atoms with Crippen molar-refractivity contribution in [2.75, 3.05) is 0 Å². The normalized spacial score (nSPS) is 20.9. The molecule has 0 unspecified atom stereocenters. The second-order valence-electron chi connectivity index (χ2n) is 5.71. The number of hydrogen-bond acceptors (Lipinski definition) is 4.